The van der Waals surface area contributed by atoms with Gasteiger partial charge >= 0.3 is 6.47 Å². The van der Waals surface area contributed by atoms with Gasteiger partial charge < -0.3 is 0 Å². The number of hydrogen-bond donors (Lipinski definition) is 0. The zero-order valence-corrected chi connectivity index (χ0v) is 6.11. The fourth-order valence-corrected chi connectivity index (χ4v) is 0.721. The summed E-state index contributed by atoms with van der Waals surface area (Å²) >= 11 is 0. The first kappa shape index (κ1) is 7.60. The van der Waals surface area contributed by atoms with E-state index in [1.54, 1.807) is 12.1 Å². The SMILES string of the molecule is Cc1ccccc1OOC=O. The smallest absolute Gasteiger partial charge is 0.287 e. The van der Waals surface area contributed by atoms with E-state index in [1.807, 2.05) is 19.1 Å². The van der Waals surface area contributed by atoms with Crippen LogP contribution in [0.5, 0.6) is 5.75 Å². The molecule has 11 heavy (non-hydrogen) atoms. The van der Waals surface area contributed by atoms with Crippen LogP contribution in [0.15, 0.2) is 24.3 Å². The van der Waals surface area contributed by atoms with Crippen molar-refractivity contribution in [1.29, 1.82) is 0 Å². The Bertz CT molecular complexity index is 245. The molecule has 0 saturated carbocycles. The van der Waals surface area contributed by atoms with Gasteiger partial charge in [-0.15, -0.1) is 0 Å². The Labute approximate surface area is 64.5 Å². The van der Waals surface area contributed by atoms with E-state index in [-0.39, 0.29) is 6.47 Å². The number of aryl methyl sites for hydroxylation is 1. The molecule has 0 spiro atoms. The fraction of sp³-hybridized carbons (Fsp3) is 0.125. The zero-order chi connectivity index (χ0) is 8.10. The average Bonchev–Trinajstić information content (AvgIpc) is 2.03. The highest BCUT2D eigenvalue weighted by molar-refractivity contribution is 5.37. The molecule has 0 bridgehead atoms. The molecule has 0 aliphatic rings. The van der Waals surface area contributed by atoms with Crippen molar-refractivity contribution < 1.29 is 14.6 Å². The average molecular weight is 152 g/mol. The van der Waals surface area contributed by atoms with Gasteiger partial charge in [-0.3, -0.25) is 14.6 Å². The van der Waals surface area contributed by atoms with Crippen molar-refractivity contribution in [3.8, 4) is 5.75 Å². The van der Waals surface area contributed by atoms with E-state index in [4.69, 9.17) is 0 Å². The summed E-state index contributed by atoms with van der Waals surface area (Å²) in [6.45, 7) is 2.11. The van der Waals surface area contributed by atoms with Crippen molar-refractivity contribution in [1.82, 2.24) is 0 Å². The predicted molar refractivity (Wildman–Crippen MR) is 39.0 cm³/mol. The molecule has 0 saturated heterocycles. The van der Waals surface area contributed by atoms with Gasteiger partial charge in [0.25, 0.3) is 0 Å². The second-order valence-corrected chi connectivity index (χ2v) is 2.04. The van der Waals surface area contributed by atoms with Gasteiger partial charge in [-0.2, -0.15) is 0 Å². The number of carbonyl (C=O) groups is 1. The highest BCUT2D eigenvalue weighted by Gasteiger charge is 1.96. The largest absolute Gasteiger partial charge is 0.343 e. The van der Waals surface area contributed by atoms with E-state index in [1.165, 1.54) is 0 Å². The molecule has 1 rings (SSSR count). The molecule has 3 nitrogen and oxygen atoms in total. The molecule has 0 fully saturated rings. The summed E-state index contributed by atoms with van der Waals surface area (Å²) in [6.07, 6.45) is 0. The van der Waals surface area contributed by atoms with Gasteiger partial charge in [-0.05, 0) is 18.6 Å². The first-order valence-electron chi connectivity index (χ1n) is 3.17. The van der Waals surface area contributed by atoms with Crippen LogP contribution in [-0.2, 0) is 9.68 Å². The van der Waals surface area contributed by atoms with Gasteiger partial charge in [0.15, 0.2) is 5.75 Å². The molecule has 0 unspecified atom stereocenters. The molecule has 0 aliphatic heterocycles. The molecule has 1 aromatic carbocycles. The standard InChI is InChI=1S/C8H8O3/c1-7-4-2-3-5-8(7)11-10-6-9/h2-6H,1H3. The van der Waals surface area contributed by atoms with E-state index in [2.05, 4.69) is 9.78 Å². The first-order chi connectivity index (χ1) is 5.34. The number of carbonyl (C=O) groups excluding carboxylic acids is 1. The third-order valence-corrected chi connectivity index (χ3v) is 1.27. The molecule has 0 aromatic heterocycles. The molecule has 3 heteroatoms. The van der Waals surface area contributed by atoms with Gasteiger partial charge in [-0.25, -0.2) is 0 Å². The second-order valence-electron chi connectivity index (χ2n) is 2.04. The quantitative estimate of drug-likeness (QED) is 0.373. The Hall–Kier alpha value is -1.51. The molecule has 0 aliphatic carbocycles. The van der Waals surface area contributed by atoms with Crippen molar-refractivity contribution in [3.05, 3.63) is 29.8 Å². The van der Waals surface area contributed by atoms with E-state index < -0.39 is 0 Å². The van der Waals surface area contributed by atoms with Gasteiger partial charge in [0.05, 0.1) is 0 Å². The lowest BCUT2D eigenvalue weighted by atomic mass is 10.2. The van der Waals surface area contributed by atoms with Crippen molar-refractivity contribution >= 4 is 6.47 Å². The van der Waals surface area contributed by atoms with E-state index in [0.29, 0.717) is 5.75 Å². The van der Waals surface area contributed by atoms with Crippen molar-refractivity contribution in [3.63, 3.8) is 0 Å². The third kappa shape index (κ3) is 1.97. The minimum atomic E-state index is 0.242. The summed E-state index contributed by atoms with van der Waals surface area (Å²) < 4.78 is 0. The summed E-state index contributed by atoms with van der Waals surface area (Å²) in [5, 5.41) is 0. The monoisotopic (exact) mass is 152 g/mol. The minimum absolute atomic E-state index is 0.242. The lowest BCUT2D eigenvalue weighted by molar-refractivity contribution is -0.196. The molecule has 0 atom stereocenters. The van der Waals surface area contributed by atoms with E-state index in [0.717, 1.165) is 5.56 Å². The normalized spacial score (nSPS) is 8.82. The van der Waals surface area contributed by atoms with Crippen molar-refractivity contribution in [2.75, 3.05) is 0 Å². The Morgan fingerprint density at radius 1 is 1.36 bits per heavy atom. The molecule has 1 aromatic rings. The molecule has 0 radical (unpaired) electrons. The van der Waals surface area contributed by atoms with Gasteiger partial charge in [-0.1, -0.05) is 18.2 Å². The fourth-order valence-electron chi connectivity index (χ4n) is 0.721. The van der Waals surface area contributed by atoms with Crippen LogP contribution < -0.4 is 4.89 Å². The van der Waals surface area contributed by atoms with Crippen LogP contribution in [0.3, 0.4) is 0 Å². The Balaban J connectivity index is 2.69. The molecule has 0 N–H and O–H groups in total. The Morgan fingerprint density at radius 3 is 2.73 bits per heavy atom. The highest BCUT2D eigenvalue weighted by Crippen LogP contribution is 2.15. The van der Waals surface area contributed by atoms with Crippen LogP contribution in [0.4, 0.5) is 0 Å². The van der Waals surface area contributed by atoms with Crippen LogP contribution in [0, 0.1) is 6.92 Å². The predicted octanol–water partition coefficient (Wildman–Crippen LogP) is 1.46. The summed E-state index contributed by atoms with van der Waals surface area (Å²) in [6, 6.07) is 7.27. The highest BCUT2D eigenvalue weighted by atomic mass is 17.2. The molecular weight excluding hydrogens is 144 g/mol. The summed E-state index contributed by atoms with van der Waals surface area (Å²) in [7, 11) is 0. The van der Waals surface area contributed by atoms with Crippen molar-refractivity contribution in [2.45, 2.75) is 6.92 Å². The molecule has 58 valence electrons. The lowest BCUT2D eigenvalue weighted by Gasteiger charge is -2.01. The van der Waals surface area contributed by atoms with Gasteiger partial charge in [0, 0.05) is 0 Å². The molecule has 0 amide bonds. The number of rotatable bonds is 3. The topological polar surface area (TPSA) is 35.5 Å². The molecular formula is C8H8O3. The summed E-state index contributed by atoms with van der Waals surface area (Å²) in [5.41, 5.74) is 0.925. The third-order valence-electron chi connectivity index (χ3n) is 1.27. The first-order valence-corrected chi connectivity index (χ1v) is 3.17. The molecule has 0 heterocycles. The summed E-state index contributed by atoms with van der Waals surface area (Å²) in [5.74, 6) is 0.555. The van der Waals surface area contributed by atoms with Gasteiger partial charge in [0.2, 0.25) is 0 Å². The van der Waals surface area contributed by atoms with Crippen LogP contribution in [0.2, 0.25) is 0 Å². The summed E-state index contributed by atoms with van der Waals surface area (Å²) in [4.78, 5) is 18.5. The maximum absolute atomic E-state index is 9.74. The number of benzene rings is 1. The lowest BCUT2D eigenvalue weighted by Crippen LogP contribution is -1.95. The maximum Gasteiger partial charge on any atom is 0.343 e. The van der Waals surface area contributed by atoms with E-state index >= 15 is 0 Å². The zero-order valence-electron chi connectivity index (χ0n) is 6.11. The second kappa shape index (κ2) is 3.61. The number of para-hydroxylation sites is 1. The van der Waals surface area contributed by atoms with Crippen LogP contribution in [-0.4, -0.2) is 6.47 Å². The van der Waals surface area contributed by atoms with Gasteiger partial charge in [0.1, 0.15) is 0 Å². The van der Waals surface area contributed by atoms with Crippen molar-refractivity contribution in [2.24, 2.45) is 0 Å². The van der Waals surface area contributed by atoms with E-state index in [9.17, 15) is 4.79 Å². The Kier molecular flexibility index (Phi) is 2.49. The van der Waals surface area contributed by atoms with Crippen LogP contribution in [0.1, 0.15) is 5.56 Å². The van der Waals surface area contributed by atoms with Crippen LogP contribution >= 0.6 is 0 Å². The maximum atomic E-state index is 9.74. The Morgan fingerprint density at radius 2 is 2.09 bits per heavy atom. The van der Waals surface area contributed by atoms with Crippen LogP contribution in [0.25, 0.3) is 0 Å². The minimum Gasteiger partial charge on any atom is -0.287 e. The number of hydrogen-bond acceptors (Lipinski definition) is 3.